The van der Waals surface area contributed by atoms with Crippen molar-refractivity contribution in [2.75, 3.05) is 37.6 Å². The lowest BCUT2D eigenvalue weighted by Gasteiger charge is -2.33. The van der Waals surface area contributed by atoms with Crippen LogP contribution in [0.15, 0.2) is 4.42 Å². The van der Waals surface area contributed by atoms with E-state index >= 15 is 0 Å². The fraction of sp³-hybridized carbons (Fsp3) is 0.867. The van der Waals surface area contributed by atoms with E-state index in [1.165, 1.54) is 45.3 Å². The third-order valence-electron chi connectivity index (χ3n) is 4.42. The first-order valence-corrected chi connectivity index (χ1v) is 8.15. The van der Waals surface area contributed by atoms with Crippen LogP contribution in [-0.2, 0) is 6.42 Å². The Morgan fingerprint density at radius 2 is 2.00 bits per heavy atom. The molecule has 1 aromatic rings. The molecule has 0 radical (unpaired) electrons. The second-order valence-electron chi connectivity index (χ2n) is 6.19. The Morgan fingerprint density at radius 1 is 1.15 bits per heavy atom. The summed E-state index contributed by atoms with van der Waals surface area (Å²) in [5.41, 5.74) is 0. The van der Waals surface area contributed by atoms with Gasteiger partial charge >= 0.3 is 6.01 Å². The molecule has 5 nitrogen and oxygen atoms in total. The molecule has 0 N–H and O–H groups in total. The third kappa shape index (κ3) is 3.32. The van der Waals surface area contributed by atoms with Crippen LogP contribution in [0.4, 0.5) is 6.01 Å². The van der Waals surface area contributed by atoms with Crippen molar-refractivity contribution in [2.45, 2.75) is 45.4 Å². The number of piperidine rings is 1. The molecular weight excluding hydrogens is 252 g/mol. The molecular formula is C15H26N4O. The van der Waals surface area contributed by atoms with Gasteiger partial charge in [0.1, 0.15) is 0 Å². The molecule has 20 heavy (non-hydrogen) atoms. The number of rotatable bonds is 5. The molecule has 0 unspecified atom stereocenters. The summed E-state index contributed by atoms with van der Waals surface area (Å²) in [5.74, 6) is 1.53. The Bertz CT molecular complexity index is 414. The summed E-state index contributed by atoms with van der Waals surface area (Å²) in [7, 11) is 0. The zero-order chi connectivity index (χ0) is 13.8. The first-order chi connectivity index (χ1) is 9.85. The van der Waals surface area contributed by atoms with E-state index in [1.807, 2.05) is 0 Å². The molecule has 1 aromatic heterocycles. The summed E-state index contributed by atoms with van der Waals surface area (Å²) >= 11 is 0. The van der Waals surface area contributed by atoms with Gasteiger partial charge in [-0.05, 0) is 51.1 Å². The van der Waals surface area contributed by atoms with Crippen molar-refractivity contribution >= 4 is 6.01 Å². The summed E-state index contributed by atoms with van der Waals surface area (Å²) in [6.45, 7) is 8.09. The smallest absolute Gasteiger partial charge is 0.318 e. The van der Waals surface area contributed by atoms with Crippen molar-refractivity contribution in [1.29, 1.82) is 0 Å². The van der Waals surface area contributed by atoms with Crippen LogP contribution in [-0.4, -0.2) is 47.8 Å². The fourth-order valence-electron chi connectivity index (χ4n) is 3.41. The van der Waals surface area contributed by atoms with Gasteiger partial charge in [-0.3, -0.25) is 0 Å². The summed E-state index contributed by atoms with van der Waals surface area (Å²) in [6.07, 6.45) is 7.27. The highest BCUT2D eigenvalue weighted by molar-refractivity contribution is 5.25. The lowest BCUT2D eigenvalue weighted by molar-refractivity contribution is 0.252. The van der Waals surface area contributed by atoms with Gasteiger partial charge in [-0.2, -0.15) is 0 Å². The minimum absolute atomic E-state index is 0.736. The second-order valence-corrected chi connectivity index (χ2v) is 6.19. The first-order valence-electron chi connectivity index (χ1n) is 8.15. The van der Waals surface area contributed by atoms with Gasteiger partial charge in [0.25, 0.3) is 0 Å². The van der Waals surface area contributed by atoms with Crippen LogP contribution in [0.25, 0.3) is 0 Å². The predicted molar refractivity (Wildman–Crippen MR) is 78.9 cm³/mol. The second kappa shape index (κ2) is 6.57. The number of anilines is 1. The summed E-state index contributed by atoms with van der Waals surface area (Å²) in [5, 5.41) is 8.36. The summed E-state index contributed by atoms with van der Waals surface area (Å²) in [4.78, 5) is 4.90. The molecule has 0 saturated carbocycles. The SMILES string of the molecule is CCCc1nnc(N2CCC[C@@H](CN3CCCC3)C2)o1. The van der Waals surface area contributed by atoms with Crippen molar-refractivity contribution in [3.8, 4) is 0 Å². The van der Waals surface area contributed by atoms with Gasteiger partial charge in [0.15, 0.2) is 0 Å². The monoisotopic (exact) mass is 278 g/mol. The van der Waals surface area contributed by atoms with Gasteiger partial charge in [0, 0.05) is 26.1 Å². The number of aryl methyl sites for hydroxylation is 1. The Labute approximate surface area is 121 Å². The molecule has 112 valence electrons. The van der Waals surface area contributed by atoms with Gasteiger partial charge in [-0.25, -0.2) is 0 Å². The Balaban J connectivity index is 1.56. The number of nitrogens with zero attached hydrogens (tertiary/aromatic N) is 4. The summed E-state index contributed by atoms with van der Waals surface area (Å²) < 4.78 is 5.77. The van der Waals surface area contributed by atoms with E-state index in [2.05, 4.69) is 26.9 Å². The average Bonchev–Trinajstić information content (AvgIpc) is 3.11. The molecule has 0 spiro atoms. The van der Waals surface area contributed by atoms with Crippen molar-refractivity contribution in [3.63, 3.8) is 0 Å². The topological polar surface area (TPSA) is 45.4 Å². The lowest BCUT2D eigenvalue weighted by atomic mass is 9.98. The van der Waals surface area contributed by atoms with E-state index in [-0.39, 0.29) is 0 Å². The van der Waals surface area contributed by atoms with Gasteiger partial charge < -0.3 is 14.2 Å². The molecule has 0 bridgehead atoms. The van der Waals surface area contributed by atoms with E-state index in [0.717, 1.165) is 43.8 Å². The van der Waals surface area contributed by atoms with Crippen LogP contribution in [0, 0.1) is 5.92 Å². The highest BCUT2D eigenvalue weighted by atomic mass is 16.4. The molecule has 0 amide bonds. The Hall–Kier alpha value is -1.10. The lowest BCUT2D eigenvalue weighted by Crippen LogP contribution is -2.40. The Kier molecular flexibility index (Phi) is 4.55. The molecule has 0 aromatic carbocycles. The number of hydrogen-bond acceptors (Lipinski definition) is 5. The minimum Gasteiger partial charge on any atom is -0.408 e. The van der Waals surface area contributed by atoms with Crippen LogP contribution in [0.3, 0.4) is 0 Å². The van der Waals surface area contributed by atoms with E-state index in [4.69, 9.17) is 4.42 Å². The molecule has 3 rings (SSSR count). The highest BCUT2D eigenvalue weighted by Gasteiger charge is 2.26. The van der Waals surface area contributed by atoms with Crippen molar-refractivity contribution < 1.29 is 4.42 Å². The van der Waals surface area contributed by atoms with Gasteiger partial charge in [-0.1, -0.05) is 12.0 Å². The molecule has 1 atom stereocenters. The van der Waals surface area contributed by atoms with Crippen LogP contribution in [0.2, 0.25) is 0 Å². The van der Waals surface area contributed by atoms with E-state index in [9.17, 15) is 0 Å². The molecule has 5 heteroatoms. The Morgan fingerprint density at radius 3 is 2.80 bits per heavy atom. The first kappa shape index (κ1) is 13.9. The minimum atomic E-state index is 0.736. The van der Waals surface area contributed by atoms with Gasteiger partial charge in [0.2, 0.25) is 5.89 Å². The maximum atomic E-state index is 5.77. The maximum Gasteiger partial charge on any atom is 0.318 e. The van der Waals surface area contributed by atoms with Crippen molar-refractivity contribution in [1.82, 2.24) is 15.1 Å². The summed E-state index contributed by atoms with van der Waals surface area (Å²) in [6, 6.07) is 0.736. The average molecular weight is 278 g/mol. The zero-order valence-electron chi connectivity index (χ0n) is 12.6. The van der Waals surface area contributed by atoms with E-state index in [1.54, 1.807) is 0 Å². The largest absolute Gasteiger partial charge is 0.408 e. The van der Waals surface area contributed by atoms with E-state index in [0.29, 0.717) is 0 Å². The van der Waals surface area contributed by atoms with Gasteiger partial charge in [0.05, 0.1) is 0 Å². The normalized spacial score (nSPS) is 24.4. The molecule has 2 aliphatic heterocycles. The standard InChI is InChI=1S/C15H26N4O/c1-2-6-14-16-17-15(20-14)19-10-5-7-13(12-19)11-18-8-3-4-9-18/h13H,2-12H2,1H3/t13-/m0/s1. The molecule has 2 aliphatic rings. The fourth-order valence-corrected chi connectivity index (χ4v) is 3.41. The van der Waals surface area contributed by atoms with Gasteiger partial charge in [-0.15, -0.1) is 5.10 Å². The van der Waals surface area contributed by atoms with Crippen LogP contribution >= 0.6 is 0 Å². The molecule has 3 heterocycles. The van der Waals surface area contributed by atoms with Crippen LogP contribution in [0.1, 0.15) is 44.9 Å². The quantitative estimate of drug-likeness (QED) is 0.827. The number of aromatic nitrogens is 2. The van der Waals surface area contributed by atoms with Crippen molar-refractivity contribution in [3.05, 3.63) is 5.89 Å². The van der Waals surface area contributed by atoms with Crippen LogP contribution in [0.5, 0.6) is 0 Å². The maximum absolute atomic E-state index is 5.77. The zero-order valence-corrected chi connectivity index (χ0v) is 12.6. The molecule has 2 saturated heterocycles. The van der Waals surface area contributed by atoms with Crippen LogP contribution < -0.4 is 4.90 Å². The number of likely N-dealkylation sites (tertiary alicyclic amines) is 1. The third-order valence-corrected chi connectivity index (χ3v) is 4.42. The molecule has 2 fully saturated rings. The number of hydrogen-bond donors (Lipinski definition) is 0. The predicted octanol–water partition coefficient (Wildman–Crippen LogP) is 2.33. The van der Waals surface area contributed by atoms with Crippen molar-refractivity contribution in [2.24, 2.45) is 5.92 Å². The van der Waals surface area contributed by atoms with E-state index < -0.39 is 0 Å². The highest BCUT2D eigenvalue weighted by Crippen LogP contribution is 2.24. The molecule has 0 aliphatic carbocycles.